The van der Waals surface area contributed by atoms with Crippen LogP contribution in [0.1, 0.15) is 37.1 Å². The first-order chi connectivity index (χ1) is 10.9. The molecule has 0 unspecified atom stereocenters. The van der Waals surface area contributed by atoms with E-state index in [4.69, 9.17) is 0 Å². The number of pyridine rings is 2. The Bertz CT molecular complexity index is 492. The minimum Gasteiger partial charge on any atom is -0.307 e. The zero-order valence-electron chi connectivity index (χ0n) is 12.9. The molecule has 116 valence electrons. The van der Waals surface area contributed by atoms with Gasteiger partial charge in [0.1, 0.15) is 0 Å². The van der Waals surface area contributed by atoms with Crippen LogP contribution in [0.3, 0.4) is 0 Å². The molecule has 1 fully saturated rings. The molecule has 0 radical (unpaired) electrons. The van der Waals surface area contributed by atoms with Crippen molar-refractivity contribution in [2.75, 3.05) is 0 Å². The average Bonchev–Trinajstić information content (AvgIpc) is 2.61. The van der Waals surface area contributed by atoms with Gasteiger partial charge in [0.15, 0.2) is 0 Å². The van der Waals surface area contributed by atoms with Gasteiger partial charge in [0.25, 0.3) is 0 Å². The molecule has 0 bridgehead atoms. The fraction of sp³-hybridized carbons (Fsp3) is 0.444. The molecule has 0 spiro atoms. The van der Waals surface area contributed by atoms with E-state index < -0.39 is 0 Å². The summed E-state index contributed by atoms with van der Waals surface area (Å²) in [5, 5.41) is 7.36. The van der Waals surface area contributed by atoms with E-state index >= 15 is 0 Å². The van der Waals surface area contributed by atoms with Crippen LogP contribution in [-0.2, 0) is 13.1 Å². The van der Waals surface area contributed by atoms with Crippen molar-refractivity contribution in [3.8, 4) is 0 Å². The summed E-state index contributed by atoms with van der Waals surface area (Å²) in [5.74, 6) is 0. The molecule has 0 aromatic carbocycles. The molecule has 0 amide bonds. The minimum atomic E-state index is 0.513. The fourth-order valence-corrected chi connectivity index (χ4v) is 3.10. The second-order valence-corrected chi connectivity index (χ2v) is 5.90. The van der Waals surface area contributed by atoms with Crippen molar-refractivity contribution in [3.05, 3.63) is 60.2 Å². The molecule has 1 aliphatic rings. The van der Waals surface area contributed by atoms with Gasteiger partial charge in [-0.2, -0.15) is 0 Å². The molecular weight excluding hydrogens is 272 g/mol. The van der Waals surface area contributed by atoms with Gasteiger partial charge in [-0.05, 0) is 37.1 Å². The maximum absolute atomic E-state index is 4.39. The lowest BCUT2D eigenvalue weighted by molar-refractivity contribution is 0.280. The summed E-state index contributed by atoms with van der Waals surface area (Å²) >= 11 is 0. The van der Waals surface area contributed by atoms with Crippen LogP contribution in [0.4, 0.5) is 0 Å². The molecule has 2 N–H and O–H groups in total. The van der Waals surface area contributed by atoms with Crippen LogP contribution in [0.2, 0.25) is 0 Å². The Kier molecular flexibility index (Phi) is 5.51. The highest BCUT2D eigenvalue weighted by Gasteiger charge is 2.24. The number of rotatable bonds is 6. The Labute approximate surface area is 132 Å². The fourth-order valence-electron chi connectivity index (χ4n) is 3.10. The SMILES string of the molecule is c1ccc(CN[C@@H]2CCCC[C@H]2NCc2ccccn2)nc1. The van der Waals surface area contributed by atoms with Crippen LogP contribution in [0, 0.1) is 0 Å². The van der Waals surface area contributed by atoms with Gasteiger partial charge in [-0.1, -0.05) is 25.0 Å². The van der Waals surface area contributed by atoms with Gasteiger partial charge in [0.05, 0.1) is 11.4 Å². The Morgan fingerprint density at radius 1 is 0.773 bits per heavy atom. The summed E-state index contributed by atoms with van der Waals surface area (Å²) in [6.07, 6.45) is 8.78. The number of hydrogen-bond acceptors (Lipinski definition) is 4. The van der Waals surface area contributed by atoms with Gasteiger partial charge in [0.2, 0.25) is 0 Å². The van der Waals surface area contributed by atoms with Crippen LogP contribution in [-0.4, -0.2) is 22.1 Å². The second-order valence-electron chi connectivity index (χ2n) is 5.90. The molecule has 22 heavy (non-hydrogen) atoms. The van der Waals surface area contributed by atoms with Gasteiger partial charge in [0, 0.05) is 37.6 Å². The number of hydrogen-bond donors (Lipinski definition) is 2. The van der Waals surface area contributed by atoms with E-state index in [1.807, 2.05) is 36.7 Å². The molecule has 1 saturated carbocycles. The third-order valence-corrected chi connectivity index (χ3v) is 4.31. The third kappa shape index (κ3) is 4.36. The van der Waals surface area contributed by atoms with Crippen molar-refractivity contribution in [1.82, 2.24) is 20.6 Å². The summed E-state index contributed by atoms with van der Waals surface area (Å²) in [6, 6.07) is 13.2. The Hall–Kier alpha value is -1.78. The van der Waals surface area contributed by atoms with E-state index in [1.165, 1.54) is 25.7 Å². The molecule has 2 aromatic heterocycles. The lowest BCUT2D eigenvalue weighted by Crippen LogP contribution is -2.49. The number of aromatic nitrogens is 2. The maximum atomic E-state index is 4.39. The van der Waals surface area contributed by atoms with Crippen molar-refractivity contribution in [2.24, 2.45) is 0 Å². The van der Waals surface area contributed by atoms with E-state index in [0.717, 1.165) is 24.5 Å². The minimum absolute atomic E-state index is 0.513. The molecule has 4 nitrogen and oxygen atoms in total. The largest absolute Gasteiger partial charge is 0.307 e. The normalized spacial score (nSPS) is 21.6. The van der Waals surface area contributed by atoms with E-state index in [0.29, 0.717) is 12.1 Å². The first kappa shape index (κ1) is 15.1. The smallest absolute Gasteiger partial charge is 0.0541 e. The summed E-state index contributed by atoms with van der Waals surface area (Å²) in [5.41, 5.74) is 2.22. The quantitative estimate of drug-likeness (QED) is 0.860. The van der Waals surface area contributed by atoms with Crippen molar-refractivity contribution in [3.63, 3.8) is 0 Å². The average molecular weight is 296 g/mol. The van der Waals surface area contributed by atoms with E-state index in [1.54, 1.807) is 0 Å². The van der Waals surface area contributed by atoms with Crippen LogP contribution < -0.4 is 10.6 Å². The first-order valence-electron chi connectivity index (χ1n) is 8.18. The lowest BCUT2D eigenvalue weighted by Gasteiger charge is -2.33. The zero-order valence-corrected chi connectivity index (χ0v) is 12.9. The van der Waals surface area contributed by atoms with E-state index in [9.17, 15) is 0 Å². The predicted molar refractivity (Wildman–Crippen MR) is 88.2 cm³/mol. The number of nitrogens with one attached hydrogen (secondary N) is 2. The van der Waals surface area contributed by atoms with Crippen LogP contribution >= 0.6 is 0 Å². The summed E-state index contributed by atoms with van der Waals surface area (Å²) in [6.45, 7) is 1.68. The summed E-state index contributed by atoms with van der Waals surface area (Å²) < 4.78 is 0. The topological polar surface area (TPSA) is 49.8 Å². The summed E-state index contributed by atoms with van der Waals surface area (Å²) in [4.78, 5) is 8.78. The molecule has 3 rings (SSSR count). The van der Waals surface area contributed by atoms with E-state index in [2.05, 4.69) is 32.7 Å². The third-order valence-electron chi connectivity index (χ3n) is 4.31. The molecule has 2 atom stereocenters. The van der Waals surface area contributed by atoms with Crippen molar-refractivity contribution >= 4 is 0 Å². The van der Waals surface area contributed by atoms with Gasteiger partial charge >= 0.3 is 0 Å². The lowest BCUT2D eigenvalue weighted by atomic mass is 9.90. The predicted octanol–water partition coefficient (Wildman–Crippen LogP) is 2.67. The van der Waals surface area contributed by atoms with Crippen LogP contribution in [0.25, 0.3) is 0 Å². The summed E-state index contributed by atoms with van der Waals surface area (Å²) in [7, 11) is 0. The monoisotopic (exact) mass is 296 g/mol. The van der Waals surface area contributed by atoms with Crippen LogP contribution in [0.5, 0.6) is 0 Å². The Morgan fingerprint density at radius 2 is 1.27 bits per heavy atom. The molecule has 2 aromatic rings. The zero-order chi connectivity index (χ0) is 15.0. The molecular formula is C18H24N4. The van der Waals surface area contributed by atoms with Gasteiger partial charge in [-0.25, -0.2) is 0 Å². The Balaban J connectivity index is 1.52. The first-order valence-corrected chi connectivity index (χ1v) is 8.18. The molecule has 0 aliphatic heterocycles. The van der Waals surface area contributed by atoms with Gasteiger partial charge < -0.3 is 10.6 Å². The highest BCUT2D eigenvalue weighted by atomic mass is 15.0. The highest BCUT2D eigenvalue weighted by Crippen LogP contribution is 2.19. The highest BCUT2D eigenvalue weighted by molar-refractivity contribution is 5.05. The molecule has 4 heteroatoms. The second kappa shape index (κ2) is 8.01. The maximum Gasteiger partial charge on any atom is 0.0541 e. The number of nitrogens with zero attached hydrogens (tertiary/aromatic N) is 2. The van der Waals surface area contributed by atoms with Crippen molar-refractivity contribution < 1.29 is 0 Å². The van der Waals surface area contributed by atoms with Crippen molar-refractivity contribution in [2.45, 2.75) is 50.9 Å². The standard InChI is InChI=1S/C18H24N4/c1-2-10-18(22-14-16-8-4-6-12-20-16)17(9-1)21-13-15-7-3-5-11-19-15/h3-8,11-12,17-18,21-22H,1-2,9-10,13-14H2/t17-,18-/m1/s1. The molecule has 1 aliphatic carbocycles. The Morgan fingerprint density at radius 3 is 1.68 bits per heavy atom. The van der Waals surface area contributed by atoms with Crippen LogP contribution in [0.15, 0.2) is 48.8 Å². The van der Waals surface area contributed by atoms with Gasteiger partial charge in [-0.3, -0.25) is 9.97 Å². The van der Waals surface area contributed by atoms with Gasteiger partial charge in [-0.15, -0.1) is 0 Å². The van der Waals surface area contributed by atoms with E-state index in [-0.39, 0.29) is 0 Å². The molecule has 0 saturated heterocycles. The van der Waals surface area contributed by atoms with Crippen molar-refractivity contribution in [1.29, 1.82) is 0 Å². The molecule has 2 heterocycles.